The largest absolute Gasteiger partial charge is 0.396 e. The van der Waals surface area contributed by atoms with Gasteiger partial charge in [0.1, 0.15) is 0 Å². The summed E-state index contributed by atoms with van der Waals surface area (Å²) in [5.41, 5.74) is 3.32. The summed E-state index contributed by atoms with van der Waals surface area (Å²) in [5, 5.41) is 10.0. The maximum absolute atomic E-state index is 13.4. The first-order chi connectivity index (χ1) is 11.6. The minimum absolute atomic E-state index is 0.220. The van der Waals surface area contributed by atoms with E-state index in [1.807, 2.05) is 18.0 Å². The van der Waals surface area contributed by atoms with Crippen molar-refractivity contribution in [3.63, 3.8) is 0 Å². The first-order valence-electron chi connectivity index (χ1n) is 9.02. The van der Waals surface area contributed by atoms with Crippen molar-refractivity contribution >= 4 is 11.6 Å². The number of piperidine rings is 3. The molecule has 4 heteroatoms. The molecule has 2 unspecified atom stereocenters. The normalized spacial score (nSPS) is 44.0. The maximum Gasteiger partial charge on any atom is 0.239 e. The molecule has 4 saturated heterocycles. The highest BCUT2D eigenvalue weighted by Gasteiger charge is 2.68. The van der Waals surface area contributed by atoms with Gasteiger partial charge in [0.15, 0.2) is 0 Å². The number of aliphatic hydroxyl groups excluding tert-OH is 1. The fraction of sp³-hybridized carbons (Fsp3) is 0.550. The Bertz CT molecular complexity index is 758. The average molecular weight is 324 g/mol. The average Bonchev–Trinajstić information content (AvgIpc) is 3.00. The zero-order valence-corrected chi connectivity index (χ0v) is 14.3. The van der Waals surface area contributed by atoms with Crippen LogP contribution in [-0.4, -0.2) is 48.2 Å². The van der Waals surface area contributed by atoms with Gasteiger partial charge in [0.05, 0.1) is 5.41 Å². The van der Waals surface area contributed by atoms with E-state index < -0.39 is 5.41 Å². The number of fused-ring (bicyclic) bond motifs is 3. The summed E-state index contributed by atoms with van der Waals surface area (Å²) in [6, 6.07) is 8.90. The molecule has 0 aromatic heterocycles. The number of nitrogens with zero attached hydrogens (tertiary/aromatic N) is 2. The van der Waals surface area contributed by atoms with Gasteiger partial charge in [-0.05, 0) is 37.3 Å². The van der Waals surface area contributed by atoms with Crippen molar-refractivity contribution in [2.24, 2.45) is 11.8 Å². The highest BCUT2D eigenvalue weighted by atomic mass is 16.3. The molecular weight excluding hydrogens is 300 g/mol. The summed E-state index contributed by atoms with van der Waals surface area (Å²) in [4.78, 5) is 17.8. The summed E-state index contributed by atoms with van der Waals surface area (Å²) in [6.07, 6.45) is 4.08. The molecule has 5 aliphatic heterocycles. The number of allylic oxidation sites excluding steroid dienone is 1. The Hall–Kier alpha value is -1.65. The van der Waals surface area contributed by atoms with E-state index in [1.165, 1.54) is 11.1 Å². The Morgan fingerprint density at radius 3 is 2.92 bits per heavy atom. The second-order valence-electron chi connectivity index (χ2n) is 7.86. The van der Waals surface area contributed by atoms with Crippen LogP contribution in [0.4, 0.5) is 5.69 Å². The Kier molecular flexibility index (Phi) is 2.88. The molecule has 4 fully saturated rings. The fourth-order valence-electron chi connectivity index (χ4n) is 6.24. The van der Waals surface area contributed by atoms with Gasteiger partial charge in [-0.3, -0.25) is 9.69 Å². The molecule has 24 heavy (non-hydrogen) atoms. The van der Waals surface area contributed by atoms with Crippen LogP contribution in [0.15, 0.2) is 35.9 Å². The quantitative estimate of drug-likeness (QED) is 0.803. The molecule has 0 aliphatic carbocycles. The molecule has 1 spiro atoms. The lowest BCUT2D eigenvalue weighted by Gasteiger charge is -2.52. The Balaban J connectivity index is 1.68. The third-order valence-corrected chi connectivity index (χ3v) is 7.27. The second kappa shape index (κ2) is 4.70. The monoisotopic (exact) mass is 324 g/mol. The van der Waals surface area contributed by atoms with Gasteiger partial charge in [-0.1, -0.05) is 29.8 Å². The van der Waals surface area contributed by atoms with E-state index in [1.54, 1.807) is 0 Å². The van der Waals surface area contributed by atoms with Crippen molar-refractivity contribution in [1.29, 1.82) is 0 Å². The first-order valence-corrected chi connectivity index (χ1v) is 9.02. The first kappa shape index (κ1) is 14.7. The lowest BCUT2D eigenvalue weighted by molar-refractivity contribution is -0.124. The van der Waals surface area contributed by atoms with Crippen LogP contribution in [0.1, 0.15) is 25.3 Å². The van der Waals surface area contributed by atoms with Crippen LogP contribution in [-0.2, 0) is 10.2 Å². The molecule has 1 aromatic carbocycles. The van der Waals surface area contributed by atoms with Crippen molar-refractivity contribution in [3.05, 3.63) is 41.5 Å². The highest BCUT2D eigenvalue weighted by molar-refractivity contribution is 6.08. The molecule has 6 atom stereocenters. The zero-order chi connectivity index (χ0) is 16.6. The summed E-state index contributed by atoms with van der Waals surface area (Å²) >= 11 is 0. The number of carbonyl (C=O) groups excluding carboxylic acids is 1. The molecule has 6 rings (SSSR count). The van der Waals surface area contributed by atoms with Gasteiger partial charge >= 0.3 is 0 Å². The van der Waals surface area contributed by atoms with E-state index in [2.05, 4.69) is 36.1 Å². The van der Waals surface area contributed by atoms with Crippen molar-refractivity contribution in [2.75, 3.05) is 25.1 Å². The number of aliphatic hydroxyl groups is 1. The summed E-state index contributed by atoms with van der Waals surface area (Å²) in [6.45, 7) is 3.29. The van der Waals surface area contributed by atoms with Gasteiger partial charge in [-0.25, -0.2) is 0 Å². The topological polar surface area (TPSA) is 43.8 Å². The van der Waals surface area contributed by atoms with E-state index >= 15 is 0 Å². The van der Waals surface area contributed by atoms with Crippen LogP contribution in [0.2, 0.25) is 0 Å². The van der Waals surface area contributed by atoms with Gasteiger partial charge in [0.2, 0.25) is 5.91 Å². The molecule has 0 saturated carbocycles. The molecule has 5 aliphatic rings. The standard InChI is InChI=1S/C20H24N2O2/c1-3-12-10-22-17-9-20(18(22)8-13(12)14(17)11-23)15-6-4-5-7-16(15)21(2)19(20)24/h3-7,13-14,17-18,23H,8-11H2,1-2H3/b12-3-/t13-,14-,17+,18?,20+/m1/s1. The van der Waals surface area contributed by atoms with Crippen LogP contribution in [0.25, 0.3) is 0 Å². The Morgan fingerprint density at radius 1 is 1.38 bits per heavy atom. The Labute approximate surface area is 142 Å². The van der Waals surface area contributed by atoms with Gasteiger partial charge < -0.3 is 10.0 Å². The number of likely N-dealkylation sites (N-methyl/N-ethyl adjacent to an activating group) is 1. The zero-order valence-electron chi connectivity index (χ0n) is 14.3. The molecule has 1 amide bonds. The van der Waals surface area contributed by atoms with Gasteiger partial charge in [-0.15, -0.1) is 0 Å². The van der Waals surface area contributed by atoms with Crippen molar-refractivity contribution in [1.82, 2.24) is 4.90 Å². The SMILES string of the molecule is C/C=C1/CN2C3C[C@H]1[C@@H](CO)[C@@H]2C[C@@]31C(=O)N(C)c2ccccc21. The van der Waals surface area contributed by atoms with Gasteiger partial charge in [-0.2, -0.15) is 0 Å². The van der Waals surface area contributed by atoms with Crippen LogP contribution < -0.4 is 4.90 Å². The van der Waals surface area contributed by atoms with E-state index in [0.29, 0.717) is 12.0 Å². The predicted molar refractivity (Wildman–Crippen MR) is 92.9 cm³/mol. The Morgan fingerprint density at radius 2 is 2.17 bits per heavy atom. The van der Waals surface area contributed by atoms with Crippen molar-refractivity contribution < 1.29 is 9.90 Å². The van der Waals surface area contributed by atoms with Crippen LogP contribution in [0.3, 0.4) is 0 Å². The summed E-state index contributed by atoms with van der Waals surface area (Å²) in [7, 11) is 1.91. The molecule has 1 N–H and O–H groups in total. The highest BCUT2D eigenvalue weighted by Crippen LogP contribution is 2.61. The number of anilines is 1. The lowest BCUT2D eigenvalue weighted by atomic mass is 9.69. The third kappa shape index (κ3) is 1.46. The molecular formula is C20H24N2O2. The molecule has 5 heterocycles. The van der Waals surface area contributed by atoms with Gasteiger partial charge in [0.25, 0.3) is 0 Å². The third-order valence-electron chi connectivity index (χ3n) is 7.27. The van der Waals surface area contributed by atoms with Crippen LogP contribution in [0.5, 0.6) is 0 Å². The smallest absolute Gasteiger partial charge is 0.239 e. The van der Waals surface area contributed by atoms with Gasteiger partial charge in [0, 0.05) is 43.9 Å². The molecule has 126 valence electrons. The summed E-state index contributed by atoms with van der Waals surface area (Å²) in [5.74, 6) is 0.958. The number of carbonyl (C=O) groups is 1. The van der Waals surface area contributed by atoms with E-state index in [-0.39, 0.29) is 24.5 Å². The van der Waals surface area contributed by atoms with Crippen LogP contribution in [0, 0.1) is 11.8 Å². The van der Waals surface area contributed by atoms with Crippen LogP contribution >= 0.6 is 0 Å². The predicted octanol–water partition coefficient (Wildman–Crippen LogP) is 1.93. The molecule has 0 radical (unpaired) electrons. The number of para-hydroxylation sites is 1. The number of benzene rings is 1. The molecule has 1 aromatic rings. The number of hydrogen-bond donors (Lipinski definition) is 1. The minimum atomic E-state index is -0.405. The van der Waals surface area contributed by atoms with E-state index in [0.717, 1.165) is 25.1 Å². The number of rotatable bonds is 1. The molecule has 4 nitrogen and oxygen atoms in total. The second-order valence-corrected chi connectivity index (χ2v) is 7.86. The lowest BCUT2D eigenvalue weighted by Crippen LogP contribution is -2.59. The summed E-state index contributed by atoms with van der Waals surface area (Å²) < 4.78 is 0. The number of amides is 1. The fourth-order valence-corrected chi connectivity index (χ4v) is 6.24. The van der Waals surface area contributed by atoms with E-state index in [4.69, 9.17) is 0 Å². The molecule has 4 bridgehead atoms. The number of hydrogen-bond acceptors (Lipinski definition) is 3. The maximum atomic E-state index is 13.4. The minimum Gasteiger partial charge on any atom is -0.396 e. The van der Waals surface area contributed by atoms with E-state index in [9.17, 15) is 9.90 Å². The van der Waals surface area contributed by atoms with Crippen molar-refractivity contribution in [3.8, 4) is 0 Å². The van der Waals surface area contributed by atoms with Crippen molar-refractivity contribution in [2.45, 2.75) is 37.3 Å².